The molecule has 3 aliphatic heterocycles. The second-order valence-corrected chi connectivity index (χ2v) is 11.0. The molecular formula is C31H43N5O4. The van der Waals surface area contributed by atoms with Gasteiger partial charge in [0.2, 0.25) is 5.91 Å². The quantitative estimate of drug-likeness (QED) is 0.512. The molecule has 3 fully saturated rings. The lowest BCUT2D eigenvalue weighted by atomic mass is 10.1. The third-order valence-corrected chi connectivity index (χ3v) is 8.53. The standard InChI is InChI=1S/C31H43N5O4/c1-24-6-3-4-7-26(24)22-35(15-14-33-16-18-40-19-17-33)27-21-29(31(38)34-12-10-32-11-13-34)36(23-27)30(37)25-8-5-9-28(20-25)39-2/h3-9,20,27,29,32H,10-19,21-23H2,1-2H3. The van der Waals surface area contributed by atoms with E-state index in [2.05, 4.69) is 46.3 Å². The Kier molecular flexibility index (Phi) is 9.70. The Morgan fingerprint density at radius 3 is 2.58 bits per heavy atom. The number of morpholine rings is 1. The largest absolute Gasteiger partial charge is 0.497 e. The molecule has 9 nitrogen and oxygen atoms in total. The zero-order valence-corrected chi connectivity index (χ0v) is 23.9. The van der Waals surface area contributed by atoms with Gasteiger partial charge in [-0.05, 0) is 42.7 Å². The number of likely N-dealkylation sites (tertiary alicyclic amines) is 1. The van der Waals surface area contributed by atoms with Crippen LogP contribution in [-0.4, -0.2) is 123 Å². The third kappa shape index (κ3) is 6.83. The summed E-state index contributed by atoms with van der Waals surface area (Å²) in [4.78, 5) is 36.5. The van der Waals surface area contributed by atoms with Gasteiger partial charge in [0, 0.05) is 77.1 Å². The molecule has 5 rings (SSSR count). The van der Waals surface area contributed by atoms with E-state index >= 15 is 0 Å². The van der Waals surface area contributed by atoms with Crippen molar-refractivity contribution in [2.75, 3.05) is 79.2 Å². The number of ether oxygens (including phenoxy) is 2. The van der Waals surface area contributed by atoms with E-state index in [0.29, 0.717) is 37.4 Å². The number of carbonyl (C=O) groups is 2. The number of aryl methyl sites for hydroxylation is 1. The summed E-state index contributed by atoms with van der Waals surface area (Å²) in [6.45, 7) is 11.6. The molecule has 9 heteroatoms. The molecule has 0 spiro atoms. The summed E-state index contributed by atoms with van der Waals surface area (Å²) >= 11 is 0. The topological polar surface area (TPSA) is 77.6 Å². The van der Waals surface area contributed by atoms with Crippen molar-refractivity contribution in [2.24, 2.45) is 0 Å². The third-order valence-electron chi connectivity index (χ3n) is 8.53. The van der Waals surface area contributed by atoms with Gasteiger partial charge in [-0.1, -0.05) is 30.3 Å². The number of methoxy groups -OCH3 is 1. The molecule has 2 aromatic rings. The number of piperazine rings is 1. The molecule has 2 unspecified atom stereocenters. The Bertz CT molecular complexity index is 1150. The van der Waals surface area contributed by atoms with Crippen molar-refractivity contribution in [3.05, 3.63) is 65.2 Å². The molecule has 3 heterocycles. The van der Waals surface area contributed by atoms with E-state index in [0.717, 1.165) is 59.0 Å². The second kappa shape index (κ2) is 13.6. The lowest BCUT2D eigenvalue weighted by molar-refractivity contribution is -0.135. The molecule has 216 valence electrons. The molecule has 0 aliphatic carbocycles. The minimum absolute atomic E-state index is 0.0595. The molecule has 2 amide bonds. The van der Waals surface area contributed by atoms with Crippen LogP contribution >= 0.6 is 0 Å². The van der Waals surface area contributed by atoms with Crippen LogP contribution in [0.25, 0.3) is 0 Å². The van der Waals surface area contributed by atoms with E-state index in [9.17, 15) is 9.59 Å². The van der Waals surface area contributed by atoms with Crippen LogP contribution in [0.4, 0.5) is 0 Å². The molecular weight excluding hydrogens is 506 g/mol. The van der Waals surface area contributed by atoms with Gasteiger partial charge >= 0.3 is 0 Å². The average Bonchev–Trinajstić information content (AvgIpc) is 3.45. The second-order valence-electron chi connectivity index (χ2n) is 11.0. The zero-order chi connectivity index (χ0) is 27.9. The van der Waals surface area contributed by atoms with E-state index in [-0.39, 0.29) is 17.9 Å². The minimum atomic E-state index is -0.482. The Balaban J connectivity index is 1.40. The molecule has 0 saturated carbocycles. The first-order chi connectivity index (χ1) is 19.5. The van der Waals surface area contributed by atoms with Crippen molar-refractivity contribution in [1.29, 1.82) is 0 Å². The first kappa shape index (κ1) is 28.5. The van der Waals surface area contributed by atoms with E-state index < -0.39 is 6.04 Å². The van der Waals surface area contributed by atoms with Crippen LogP contribution in [-0.2, 0) is 16.1 Å². The highest BCUT2D eigenvalue weighted by atomic mass is 16.5. The van der Waals surface area contributed by atoms with Gasteiger partial charge in [0.05, 0.1) is 20.3 Å². The summed E-state index contributed by atoms with van der Waals surface area (Å²) in [5.74, 6) is 0.585. The summed E-state index contributed by atoms with van der Waals surface area (Å²) in [6.07, 6.45) is 0.632. The van der Waals surface area contributed by atoms with E-state index in [1.165, 1.54) is 11.1 Å². The zero-order valence-electron chi connectivity index (χ0n) is 23.9. The first-order valence-electron chi connectivity index (χ1n) is 14.6. The Morgan fingerprint density at radius 1 is 1.05 bits per heavy atom. The summed E-state index contributed by atoms with van der Waals surface area (Å²) in [5.41, 5.74) is 3.10. The van der Waals surface area contributed by atoms with Crippen molar-refractivity contribution < 1.29 is 19.1 Å². The summed E-state index contributed by atoms with van der Waals surface area (Å²) in [6, 6.07) is 15.3. The number of hydrogen-bond acceptors (Lipinski definition) is 7. The number of rotatable bonds is 9. The molecule has 2 atom stereocenters. The molecule has 1 N–H and O–H groups in total. The van der Waals surface area contributed by atoms with Crippen LogP contribution in [0.2, 0.25) is 0 Å². The van der Waals surface area contributed by atoms with Crippen molar-refractivity contribution in [3.8, 4) is 5.75 Å². The van der Waals surface area contributed by atoms with Gasteiger partial charge in [0.1, 0.15) is 11.8 Å². The monoisotopic (exact) mass is 549 g/mol. The number of benzene rings is 2. The van der Waals surface area contributed by atoms with Gasteiger partial charge in [-0.3, -0.25) is 19.4 Å². The van der Waals surface area contributed by atoms with Crippen molar-refractivity contribution >= 4 is 11.8 Å². The smallest absolute Gasteiger partial charge is 0.254 e. The lowest BCUT2D eigenvalue weighted by Crippen LogP contribution is -2.53. The number of nitrogens with one attached hydrogen (secondary N) is 1. The van der Waals surface area contributed by atoms with Gasteiger partial charge in [-0.2, -0.15) is 0 Å². The van der Waals surface area contributed by atoms with Crippen LogP contribution in [0.5, 0.6) is 5.75 Å². The average molecular weight is 550 g/mol. The highest BCUT2D eigenvalue weighted by Gasteiger charge is 2.43. The van der Waals surface area contributed by atoms with Gasteiger partial charge in [-0.25, -0.2) is 0 Å². The Morgan fingerprint density at radius 2 is 1.82 bits per heavy atom. The fourth-order valence-corrected chi connectivity index (χ4v) is 6.05. The van der Waals surface area contributed by atoms with Gasteiger partial charge in [0.25, 0.3) is 5.91 Å². The van der Waals surface area contributed by atoms with Crippen LogP contribution in [0.15, 0.2) is 48.5 Å². The Hall–Kier alpha value is -2.98. The number of nitrogens with zero attached hydrogens (tertiary/aromatic N) is 4. The summed E-state index contributed by atoms with van der Waals surface area (Å²) < 4.78 is 10.9. The lowest BCUT2D eigenvalue weighted by Gasteiger charge is -2.33. The normalized spacial score (nSPS) is 22.1. The summed E-state index contributed by atoms with van der Waals surface area (Å²) in [7, 11) is 1.60. The molecule has 0 aromatic heterocycles. The van der Waals surface area contributed by atoms with E-state index in [4.69, 9.17) is 9.47 Å². The molecule has 2 aromatic carbocycles. The fourth-order valence-electron chi connectivity index (χ4n) is 6.05. The number of amides is 2. The highest BCUT2D eigenvalue weighted by molar-refractivity contribution is 5.98. The van der Waals surface area contributed by atoms with Crippen LogP contribution < -0.4 is 10.1 Å². The van der Waals surface area contributed by atoms with Gasteiger partial charge < -0.3 is 24.6 Å². The molecule has 0 bridgehead atoms. The van der Waals surface area contributed by atoms with Crippen LogP contribution in [0.3, 0.4) is 0 Å². The fraction of sp³-hybridized carbons (Fsp3) is 0.548. The minimum Gasteiger partial charge on any atom is -0.497 e. The Labute approximate surface area is 238 Å². The predicted molar refractivity (Wildman–Crippen MR) is 155 cm³/mol. The van der Waals surface area contributed by atoms with Crippen LogP contribution in [0.1, 0.15) is 27.9 Å². The van der Waals surface area contributed by atoms with Crippen molar-refractivity contribution in [2.45, 2.75) is 32.0 Å². The van der Waals surface area contributed by atoms with Crippen molar-refractivity contribution in [3.63, 3.8) is 0 Å². The highest BCUT2D eigenvalue weighted by Crippen LogP contribution is 2.28. The van der Waals surface area contributed by atoms with E-state index in [1.807, 2.05) is 28.0 Å². The molecule has 0 radical (unpaired) electrons. The predicted octanol–water partition coefficient (Wildman–Crippen LogP) is 1.85. The maximum atomic E-state index is 13.9. The molecule has 3 aliphatic rings. The van der Waals surface area contributed by atoms with Gasteiger partial charge in [0.15, 0.2) is 0 Å². The molecule has 3 saturated heterocycles. The first-order valence-corrected chi connectivity index (χ1v) is 14.6. The maximum Gasteiger partial charge on any atom is 0.254 e. The van der Waals surface area contributed by atoms with Crippen LogP contribution in [0, 0.1) is 6.92 Å². The number of hydrogen-bond donors (Lipinski definition) is 1. The van der Waals surface area contributed by atoms with Gasteiger partial charge in [-0.15, -0.1) is 0 Å². The van der Waals surface area contributed by atoms with Crippen molar-refractivity contribution in [1.82, 2.24) is 24.9 Å². The maximum absolute atomic E-state index is 13.9. The number of carbonyl (C=O) groups excluding carboxylic acids is 2. The van der Waals surface area contributed by atoms with E-state index in [1.54, 1.807) is 13.2 Å². The SMILES string of the molecule is COc1cccc(C(=O)N2CC(N(CCN3CCOCC3)Cc3ccccc3C)CC2C(=O)N2CCNCC2)c1. The summed E-state index contributed by atoms with van der Waals surface area (Å²) in [5, 5.41) is 3.33. The molecule has 40 heavy (non-hydrogen) atoms.